The van der Waals surface area contributed by atoms with Gasteiger partial charge in [0.05, 0.1) is 16.1 Å². The monoisotopic (exact) mass is 466 g/mol. The summed E-state index contributed by atoms with van der Waals surface area (Å²) in [7, 11) is -3.67. The van der Waals surface area contributed by atoms with Crippen LogP contribution in [0.1, 0.15) is 35.7 Å². The third-order valence-electron chi connectivity index (χ3n) is 5.36. The molecule has 1 aliphatic heterocycles. The molecule has 0 aromatic heterocycles. The number of hydrogen-bond donors (Lipinski definition) is 1. The maximum Gasteiger partial charge on any atom is 0.264 e. The minimum absolute atomic E-state index is 0.204. The van der Waals surface area contributed by atoms with Gasteiger partial charge in [-0.25, -0.2) is 8.42 Å². The zero-order chi connectivity index (χ0) is 22.6. The zero-order valence-electron chi connectivity index (χ0n) is 18.0. The number of aryl methyl sites for hydroxylation is 1. The van der Waals surface area contributed by atoms with Gasteiger partial charge >= 0.3 is 0 Å². The number of nitrogens with one attached hydrogen (secondary N) is 1. The summed E-state index contributed by atoms with van der Waals surface area (Å²) in [6.45, 7) is 2.57. The van der Waals surface area contributed by atoms with Crippen molar-refractivity contribution < 1.29 is 13.2 Å². The lowest BCUT2D eigenvalue weighted by Crippen LogP contribution is -2.35. The Morgan fingerprint density at radius 2 is 1.72 bits per heavy atom. The van der Waals surface area contributed by atoms with Gasteiger partial charge in [-0.05, 0) is 73.0 Å². The highest BCUT2D eigenvalue weighted by molar-refractivity contribution is 7.99. The van der Waals surface area contributed by atoms with Crippen molar-refractivity contribution in [3.8, 4) is 0 Å². The Balaban J connectivity index is 1.52. The van der Waals surface area contributed by atoms with Gasteiger partial charge in [-0.2, -0.15) is 0 Å². The number of amides is 1. The molecule has 0 aliphatic carbocycles. The molecule has 7 heteroatoms. The van der Waals surface area contributed by atoms with Gasteiger partial charge in [0.2, 0.25) is 0 Å². The van der Waals surface area contributed by atoms with Crippen molar-refractivity contribution in [1.82, 2.24) is 0 Å². The summed E-state index contributed by atoms with van der Waals surface area (Å²) in [5.74, 6) is 0.737. The number of carbonyl (C=O) groups excluding carboxylic acids is 1. The third kappa shape index (κ3) is 4.69. The number of anilines is 2. The largest absolute Gasteiger partial charge is 0.322 e. The molecule has 0 fully saturated rings. The standard InChI is InChI=1S/C25H26N2O3S2/c1-2-18-31-24-12-6-4-10-22(24)25(28)26-20-13-15-21(16-14-20)32(29,30)27-17-7-9-19-8-3-5-11-23(19)27/h3-6,8,10-16H,2,7,9,17-18H2,1H3,(H,26,28). The molecule has 1 amide bonds. The van der Waals surface area contributed by atoms with Gasteiger partial charge in [-0.15, -0.1) is 11.8 Å². The van der Waals surface area contributed by atoms with E-state index >= 15 is 0 Å². The van der Waals surface area contributed by atoms with Crippen LogP contribution < -0.4 is 9.62 Å². The highest BCUT2D eigenvalue weighted by atomic mass is 32.2. The van der Waals surface area contributed by atoms with Crippen molar-refractivity contribution in [2.45, 2.75) is 36.0 Å². The molecule has 0 saturated heterocycles. The number of para-hydroxylation sites is 1. The zero-order valence-corrected chi connectivity index (χ0v) is 19.6. The van der Waals surface area contributed by atoms with Gasteiger partial charge in [0, 0.05) is 17.1 Å². The van der Waals surface area contributed by atoms with Crippen LogP contribution in [0, 0.1) is 0 Å². The average Bonchev–Trinajstić information content (AvgIpc) is 2.83. The van der Waals surface area contributed by atoms with E-state index < -0.39 is 10.0 Å². The quantitative estimate of drug-likeness (QED) is 0.462. The lowest BCUT2D eigenvalue weighted by molar-refractivity contribution is 0.102. The fourth-order valence-corrected chi connectivity index (χ4v) is 6.23. The Kier molecular flexibility index (Phi) is 6.86. The molecule has 1 N–H and O–H groups in total. The second-order valence-electron chi connectivity index (χ2n) is 7.63. The fraction of sp³-hybridized carbons (Fsp3) is 0.240. The van der Waals surface area contributed by atoms with Gasteiger partial charge in [0.15, 0.2) is 0 Å². The normalized spacial score (nSPS) is 13.5. The van der Waals surface area contributed by atoms with E-state index in [9.17, 15) is 13.2 Å². The second-order valence-corrected chi connectivity index (χ2v) is 10.6. The minimum atomic E-state index is -3.67. The molecule has 0 atom stereocenters. The van der Waals surface area contributed by atoms with E-state index in [2.05, 4.69) is 12.2 Å². The molecule has 0 bridgehead atoms. The highest BCUT2D eigenvalue weighted by Gasteiger charge is 2.28. The fourth-order valence-electron chi connectivity index (χ4n) is 3.78. The summed E-state index contributed by atoms with van der Waals surface area (Å²) in [5, 5.41) is 2.89. The number of rotatable bonds is 7. The van der Waals surface area contributed by atoms with Crippen LogP contribution in [0.2, 0.25) is 0 Å². The SMILES string of the molecule is CCCSc1ccccc1C(=O)Nc1ccc(S(=O)(=O)N2CCCc3ccccc32)cc1. The second kappa shape index (κ2) is 9.79. The van der Waals surface area contributed by atoms with Crippen molar-refractivity contribution in [3.05, 3.63) is 83.9 Å². The maximum atomic E-state index is 13.3. The van der Waals surface area contributed by atoms with Crippen LogP contribution in [0.3, 0.4) is 0 Å². The van der Waals surface area contributed by atoms with Crippen molar-refractivity contribution in [3.63, 3.8) is 0 Å². The van der Waals surface area contributed by atoms with Crippen molar-refractivity contribution in [2.24, 2.45) is 0 Å². The Bertz CT molecular complexity index is 1210. The third-order valence-corrected chi connectivity index (χ3v) is 8.47. The predicted octanol–water partition coefficient (Wildman–Crippen LogP) is 5.58. The van der Waals surface area contributed by atoms with E-state index in [1.165, 1.54) is 4.31 Å². The first-order valence-electron chi connectivity index (χ1n) is 10.7. The first-order chi connectivity index (χ1) is 15.5. The number of carbonyl (C=O) groups is 1. The Labute approximate surface area is 193 Å². The molecule has 0 spiro atoms. The van der Waals surface area contributed by atoms with Gasteiger partial charge in [-0.3, -0.25) is 9.10 Å². The predicted molar refractivity (Wildman–Crippen MR) is 131 cm³/mol. The molecular formula is C25H26N2O3S2. The Morgan fingerprint density at radius 3 is 2.50 bits per heavy atom. The number of thioether (sulfide) groups is 1. The van der Waals surface area contributed by atoms with E-state index in [1.54, 1.807) is 42.1 Å². The van der Waals surface area contributed by atoms with Crippen LogP contribution in [0.25, 0.3) is 0 Å². The number of hydrogen-bond acceptors (Lipinski definition) is 4. The van der Waals surface area contributed by atoms with E-state index in [-0.39, 0.29) is 10.8 Å². The number of sulfonamides is 1. The summed E-state index contributed by atoms with van der Waals surface area (Å²) >= 11 is 1.66. The molecule has 0 unspecified atom stereocenters. The topological polar surface area (TPSA) is 66.5 Å². The lowest BCUT2D eigenvalue weighted by Gasteiger charge is -2.30. The maximum absolute atomic E-state index is 13.3. The van der Waals surface area contributed by atoms with Gasteiger partial charge < -0.3 is 5.32 Å². The molecule has 1 heterocycles. The number of fused-ring (bicyclic) bond motifs is 1. The first kappa shape index (κ1) is 22.4. The molecule has 0 radical (unpaired) electrons. The van der Waals surface area contributed by atoms with Gasteiger partial charge in [0.1, 0.15) is 0 Å². The van der Waals surface area contributed by atoms with Crippen LogP contribution >= 0.6 is 11.8 Å². The van der Waals surface area contributed by atoms with Gasteiger partial charge in [0.25, 0.3) is 15.9 Å². The Hall–Kier alpha value is -2.77. The minimum Gasteiger partial charge on any atom is -0.322 e. The van der Waals surface area contributed by atoms with E-state index in [1.807, 2.05) is 42.5 Å². The highest BCUT2D eigenvalue weighted by Crippen LogP contribution is 2.32. The van der Waals surface area contributed by atoms with Crippen molar-refractivity contribution in [1.29, 1.82) is 0 Å². The Morgan fingerprint density at radius 1 is 1.00 bits per heavy atom. The van der Waals surface area contributed by atoms with Crippen LogP contribution in [0.15, 0.2) is 82.6 Å². The summed E-state index contributed by atoms with van der Waals surface area (Å²) in [6.07, 6.45) is 2.70. The molecule has 0 saturated carbocycles. The average molecular weight is 467 g/mol. The van der Waals surface area contributed by atoms with Crippen LogP contribution in [0.4, 0.5) is 11.4 Å². The molecule has 3 aromatic carbocycles. The smallest absolute Gasteiger partial charge is 0.264 e. The molecule has 3 aromatic rings. The van der Waals surface area contributed by atoms with E-state index in [4.69, 9.17) is 0 Å². The summed E-state index contributed by atoms with van der Waals surface area (Å²) in [4.78, 5) is 14.0. The number of benzene rings is 3. The lowest BCUT2D eigenvalue weighted by atomic mass is 10.0. The van der Waals surface area contributed by atoms with Crippen LogP contribution in [-0.4, -0.2) is 26.6 Å². The van der Waals surface area contributed by atoms with Crippen molar-refractivity contribution in [2.75, 3.05) is 21.9 Å². The first-order valence-corrected chi connectivity index (χ1v) is 13.2. The van der Waals surface area contributed by atoms with Gasteiger partial charge in [-0.1, -0.05) is 37.3 Å². The number of nitrogens with zero attached hydrogens (tertiary/aromatic N) is 1. The summed E-state index contributed by atoms with van der Waals surface area (Å²) in [6, 6.07) is 21.5. The molecule has 1 aliphatic rings. The van der Waals surface area contributed by atoms with E-state index in [0.29, 0.717) is 17.8 Å². The molecule has 166 valence electrons. The molecule has 5 nitrogen and oxygen atoms in total. The van der Waals surface area contributed by atoms with Crippen LogP contribution in [0.5, 0.6) is 0 Å². The molecule has 32 heavy (non-hydrogen) atoms. The summed E-state index contributed by atoms with van der Waals surface area (Å²) < 4.78 is 28.1. The van der Waals surface area contributed by atoms with Crippen LogP contribution in [-0.2, 0) is 16.4 Å². The van der Waals surface area contributed by atoms with E-state index in [0.717, 1.165) is 41.2 Å². The summed E-state index contributed by atoms with van der Waals surface area (Å²) in [5.41, 5.74) is 2.97. The molecular weight excluding hydrogens is 440 g/mol. The molecule has 4 rings (SSSR count). The van der Waals surface area contributed by atoms with Crippen molar-refractivity contribution >= 4 is 39.1 Å².